The van der Waals surface area contributed by atoms with Crippen LogP contribution in [-0.2, 0) is 0 Å². The summed E-state index contributed by atoms with van der Waals surface area (Å²) in [4.78, 5) is 14.7. The molecular weight excluding hydrogens is 596 g/mol. The van der Waals surface area contributed by atoms with Crippen molar-refractivity contribution in [3.05, 3.63) is 166 Å². The molecule has 0 aliphatic carbocycles. The highest BCUT2D eigenvalue weighted by atomic mass is 35.5. The van der Waals surface area contributed by atoms with E-state index in [1.165, 1.54) is 11.8 Å². The molecule has 0 bridgehead atoms. The average Bonchev–Trinajstić information content (AvgIpc) is 3.00. The Morgan fingerprint density at radius 2 is 1.00 bits per heavy atom. The van der Waals surface area contributed by atoms with Gasteiger partial charge < -0.3 is 12.4 Å². The van der Waals surface area contributed by atoms with E-state index in [0.29, 0.717) is 20.4 Å². The van der Waals surface area contributed by atoms with Crippen LogP contribution >= 0.6 is 42.2 Å². The van der Waals surface area contributed by atoms with E-state index < -0.39 is 7.26 Å². The summed E-state index contributed by atoms with van der Waals surface area (Å²) in [5.74, 6) is -0.215. The zero-order chi connectivity index (χ0) is 27.1. The predicted molar refractivity (Wildman–Crippen MR) is 169 cm³/mol. The molecule has 0 atom stereocenters. The lowest BCUT2D eigenvalue weighted by Gasteiger charge is -2.30. The number of amides is 1. The van der Waals surface area contributed by atoms with Crippen LogP contribution in [0.5, 0.6) is 0 Å². The Morgan fingerprint density at radius 1 is 0.600 bits per heavy atom. The largest absolute Gasteiger partial charge is 1.00 e. The zero-order valence-corrected chi connectivity index (χ0v) is 25.2. The monoisotopic (exact) mass is 619 g/mol. The van der Waals surface area contributed by atoms with Crippen molar-refractivity contribution in [2.24, 2.45) is 0 Å². The van der Waals surface area contributed by atoms with Crippen molar-refractivity contribution < 1.29 is 17.2 Å². The average molecular weight is 621 g/mol. The first-order chi connectivity index (χ1) is 19.1. The molecule has 0 saturated carbocycles. The van der Waals surface area contributed by atoms with E-state index in [9.17, 15) is 4.79 Å². The van der Waals surface area contributed by atoms with Gasteiger partial charge in [-0.3, -0.25) is 10.1 Å². The second-order valence-electron chi connectivity index (χ2n) is 8.68. The first-order valence-electron chi connectivity index (χ1n) is 12.3. The standard InChI is InChI=1S/C33H24Cl2NOPS.ClH/c34-26-21-23-30(24-22-26)39-31(35)33(36-32(37)25-13-5-1-6-14-25)38(27-15-7-2-8-16-27,28-17-9-3-10-18-28)29-19-11-4-12-20-29;/h1-24H;1H/b33-31-;. The van der Waals surface area contributed by atoms with Crippen LogP contribution in [0.15, 0.2) is 160 Å². The van der Waals surface area contributed by atoms with Crippen LogP contribution in [0.1, 0.15) is 10.4 Å². The Bertz CT molecular complexity index is 1470. The fourth-order valence-corrected chi connectivity index (χ4v) is 10.5. The number of halogens is 3. The van der Waals surface area contributed by atoms with Crippen LogP contribution in [0.3, 0.4) is 0 Å². The number of carbonyl (C=O) groups excluding carboxylic acids is 1. The Morgan fingerprint density at radius 3 is 1.43 bits per heavy atom. The molecule has 1 N–H and O–H groups in total. The quantitative estimate of drug-likeness (QED) is 0.190. The smallest absolute Gasteiger partial charge is 0.258 e. The van der Waals surface area contributed by atoms with Gasteiger partial charge in [0, 0.05) is 15.5 Å². The molecular formula is C33H25Cl3NOPS. The Kier molecular flexibility index (Phi) is 10.5. The van der Waals surface area contributed by atoms with Crippen molar-refractivity contribution in [1.82, 2.24) is 5.32 Å². The van der Waals surface area contributed by atoms with Gasteiger partial charge in [-0.1, -0.05) is 108 Å². The molecule has 40 heavy (non-hydrogen) atoms. The van der Waals surface area contributed by atoms with Gasteiger partial charge in [-0.25, -0.2) is 0 Å². The molecule has 0 saturated heterocycles. The van der Waals surface area contributed by atoms with Crippen LogP contribution in [-0.4, -0.2) is 5.91 Å². The first kappa shape index (κ1) is 29.9. The van der Waals surface area contributed by atoms with E-state index in [4.69, 9.17) is 23.2 Å². The molecule has 1 amide bonds. The van der Waals surface area contributed by atoms with E-state index in [1.807, 2.05) is 97.1 Å². The van der Waals surface area contributed by atoms with Crippen LogP contribution in [0, 0.1) is 0 Å². The normalized spacial score (nSPS) is 11.7. The van der Waals surface area contributed by atoms with Crippen molar-refractivity contribution in [3.63, 3.8) is 0 Å². The Balaban J connectivity index is 0.00000370. The van der Waals surface area contributed by atoms with Crippen molar-refractivity contribution in [1.29, 1.82) is 0 Å². The zero-order valence-electron chi connectivity index (χ0n) is 21.3. The lowest BCUT2D eigenvalue weighted by atomic mass is 10.2. The minimum atomic E-state index is -2.67. The Labute approximate surface area is 256 Å². The summed E-state index contributed by atoms with van der Waals surface area (Å²) in [6.45, 7) is 0. The molecule has 0 aromatic heterocycles. The second-order valence-corrected chi connectivity index (χ2v) is 14.1. The van der Waals surface area contributed by atoms with Gasteiger partial charge in [0.2, 0.25) is 5.44 Å². The second kappa shape index (κ2) is 14.0. The molecule has 5 rings (SSSR count). The maximum Gasteiger partial charge on any atom is 0.258 e. The number of thioether (sulfide) groups is 1. The lowest BCUT2D eigenvalue weighted by molar-refractivity contribution is -0.0000155. The van der Waals surface area contributed by atoms with E-state index in [1.54, 1.807) is 12.1 Å². The van der Waals surface area contributed by atoms with Crippen LogP contribution in [0.4, 0.5) is 0 Å². The summed E-state index contributed by atoms with van der Waals surface area (Å²) < 4.78 is 0.492. The van der Waals surface area contributed by atoms with Crippen LogP contribution in [0.2, 0.25) is 5.02 Å². The fourth-order valence-electron chi connectivity index (χ4n) is 4.48. The van der Waals surface area contributed by atoms with E-state index in [2.05, 4.69) is 41.7 Å². The molecule has 0 heterocycles. The SMILES string of the molecule is O=C(N/C(=C(\Cl)Sc1ccc(Cl)cc1)[P+](c1ccccc1)(c1ccccc1)c1ccccc1)c1ccccc1.[Cl-]. The van der Waals surface area contributed by atoms with Crippen molar-refractivity contribution in [2.45, 2.75) is 4.90 Å². The van der Waals surface area contributed by atoms with E-state index >= 15 is 0 Å². The summed E-state index contributed by atoms with van der Waals surface area (Å²) in [5.41, 5.74) is 1.24. The van der Waals surface area contributed by atoms with Crippen molar-refractivity contribution in [3.8, 4) is 0 Å². The first-order valence-corrected chi connectivity index (χ1v) is 15.7. The summed E-state index contributed by atoms with van der Waals surface area (Å²) in [6, 6.07) is 47.7. The summed E-state index contributed by atoms with van der Waals surface area (Å²) in [5, 5.41) is 7.21. The Hall–Kier alpha value is -3.04. The minimum absolute atomic E-state index is 0. The van der Waals surface area contributed by atoms with Gasteiger partial charge in [0.15, 0.2) is 7.26 Å². The summed E-state index contributed by atoms with van der Waals surface area (Å²) in [7, 11) is -2.67. The molecule has 5 aromatic carbocycles. The molecule has 2 nitrogen and oxygen atoms in total. The minimum Gasteiger partial charge on any atom is -1.00 e. The fraction of sp³-hybridized carbons (Fsp3) is 0. The molecule has 0 aliphatic heterocycles. The highest BCUT2D eigenvalue weighted by Gasteiger charge is 2.52. The molecule has 0 fully saturated rings. The third kappa shape index (κ3) is 6.47. The third-order valence-corrected chi connectivity index (χ3v) is 12.3. The van der Waals surface area contributed by atoms with Crippen molar-refractivity contribution in [2.75, 3.05) is 0 Å². The number of hydrogen-bond donors (Lipinski definition) is 1. The van der Waals surface area contributed by atoms with E-state index in [0.717, 1.165) is 20.8 Å². The number of benzene rings is 5. The maximum atomic E-state index is 13.8. The highest BCUT2D eigenvalue weighted by Crippen LogP contribution is 2.64. The molecule has 0 spiro atoms. The summed E-state index contributed by atoms with van der Waals surface area (Å²) >= 11 is 14.9. The highest BCUT2D eigenvalue weighted by molar-refractivity contribution is 8.06. The topological polar surface area (TPSA) is 29.1 Å². The van der Waals surface area contributed by atoms with Crippen LogP contribution < -0.4 is 33.6 Å². The lowest BCUT2D eigenvalue weighted by Crippen LogP contribution is -3.00. The van der Waals surface area contributed by atoms with Gasteiger partial charge in [-0.05, 0) is 72.8 Å². The number of rotatable bonds is 8. The van der Waals surface area contributed by atoms with E-state index in [-0.39, 0.29) is 18.3 Å². The third-order valence-electron chi connectivity index (χ3n) is 6.24. The maximum absolute atomic E-state index is 13.8. The van der Waals surface area contributed by atoms with Crippen LogP contribution in [0.25, 0.3) is 0 Å². The van der Waals surface area contributed by atoms with Gasteiger partial charge in [0.25, 0.3) is 5.91 Å². The molecule has 5 aromatic rings. The molecule has 200 valence electrons. The predicted octanol–water partition coefficient (Wildman–Crippen LogP) is 5.23. The van der Waals surface area contributed by atoms with Gasteiger partial charge in [-0.15, -0.1) is 0 Å². The number of nitrogens with one attached hydrogen (secondary N) is 1. The van der Waals surface area contributed by atoms with Gasteiger partial charge in [0.05, 0.1) is 0 Å². The molecule has 7 heteroatoms. The van der Waals surface area contributed by atoms with Gasteiger partial charge >= 0.3 is 0 Å². The number of hydrogen-bond acceptors (Lipinski definition) is 2. The molecule has 0 radical (unpaired) electrons. The van der Waals surface area contributed by atoms with Crippen molar-refractivity contribution >= 4 is 64.0 Å². The summed E-state index contributed by atoms with van der Waals surface area (Å²) in [6.07, 6.45) is 0. The number of carbonyl (C=O) groups is 1. The van der Waals surface area contributed by atoms with Gasteiger partial charge in [-0.2, -0.15) is 0 Å². The van der Waals surface area contributed by atoms with Gasteiger partial charge in [0.1, 0.15) is 20.3 Å². The molecule has 0 aliphatic rings. The molecule has 0 unspecified atom stereocenters.